The molecule has 1 aromatic heterocycles. The van der Waals surface area contributed by atoms with E-state index in [9.17, 15) is 9.59 Å². The highest BCUT2D eigenvalue weighted by Gasteiger charge is 2.42. The summed E-state index contributed by atoms with van der Waals surface area (Å²) in [5, 5.41) is 0. The molecule has 0 saturated carbocycles. The Bertz CT molecular complexity index is 648. The van der Waals surface area contributed by atoms with Crippen molar-refractivity contribution < 1.29 is 9.59 Å². The number of nitrogens with two attached hydrogens (primary N) is 1. The minimum absolute atomic E-state index is 0.104. The molecule has 6 nitrogen and oxygen atoms in total. The lowest BCUT2D eigenvalue weighted by molar-refractivity contribution is -0.138. The molecule has 0 aromatic carbocycles. The van der Waals surface area contributed by atoms with Gasteiger partial charge in [-0.25, -0.2) is 4.98 Å². The molecule has 6 heteroatoms. The molecule has 0 aliphatic carbocycles. The highest BCUT2D eigenvalue weighted by molar-refractivity contribution is 5.97. The molecule has 1 aromatic rings. The van der Waals surface area contributed by atoms with E-state index >= 15 is 0 Å². The fourth-order valence-corrected chi connectivity index (χ4v) is 4.22. The summed E-state index contributed by atoms with van der Waals surface area (Å²) in [7, 11) is 0. The molecular formula is C19H28N4O2. The van der Waals surface area contributed by atoms with Crippen LogP contribution in [-0.4, -0.2) is 47.9 Å². The number of amides is 2. The molecule has 3 rings (SSSR count). The second-order valence-electron chi connectivity index (χ2n) is 7.43. The lowest BCUT2D eigenvalue weighted by Crippen LogP contribution is -2.54. The van der Waals surface area contributed by atoms with Crippen molar-refractivity contribution in [2.24, 2.45) is 11.1 Å². The van der Waals surface area contributed by atoms with Crippen molar-refractivity contribution in [3.8, 4) is 0 Å². The summed E-state index contributed by atoms with van der Waals surface area (Å²) in [6, 6.07) is 3.49. The van der Waals surface area contributed by atoms with Gasteiger partial charge in [0.05, 0.1) is 5.56 Å². The number of pyridine rings is 1. The minimum Gasteiger partial charge on any atom is -0.365 e. The van der Waals surface area contributed by atoms with Gasteiger partial charge in [-0.3, -0.25) is 9.59 Å². The quantitative estimate of drug-likeness (QED) is 0.888. The van der Waals surface area contributed by atoms with Crippen LogP contribution in [0.4, 0.5) is 5.82 Å². The molecule has 0 bridgehead atoms. The molecule has 1 spiro atoms. The smallest absolute Gasteiger partial charge is 0.252 e. The molecule has 2 aliphatic heterocycles. The molecule has 3 heterocycles. The van der Waals surface area contributed by atoms with Crippen molar-refractivity contribution in [3.63, 3.8) is 0 Å². The van der Waals surface area contributed by atoms with Crippen LogP contribution in [0.3, 0.4) is 0 Å². The summed E-state index contributed by atoms with van der Waals surface area (Å²) in [5.41, 5.74) is 6.11. The largest absolute Gasteiger partial charge is 0.365 e. The van der Waals surface area contributed by atoms with Crippen LogP contribution in [-0.2, 0) is 4.79 Å². The van der Waals surface area contributed by atoms with Crippen LogP contribution in [0.1, 0.15) is 55.8 Å². The van der Waals surface area contributed by atoms with Crippen molar-refractivity contribution in [3.05, 3.63) is 23.9 Å². The van der Waals surface area contributed by atoms with E-state index in [1.54, 1.807) is 18.3 Å². The number of rotatable bonds is 5. The number of unbranched alkanes of at least 4 members (excludes halogenated alkanes) is 1. The summed E-state index contributed by atoms with van der Waals surface area (Å²) in [6.07, 6.45) is 7.58. The van der Waals surface area contributed by atoms with E-state index in [1.807, 2.05) is 4.90 Å². The third-order valence-electron chi connectivity index (χ3n) is 5.54. The normalized spacial score (nSPS) is 24.0. The second-order valence-corrected chi connectivity index (χ2v) is 7.43. The Hall–Kier alpha value is -2.11. The Morgan fingerprint density at radius 2 is 2.20 bits per heavy atom. The van der Waals surface area contributed by atoms with Crippen molar-refractivity contribution in [2.45, 2.75) is 45.4 Å². The highest BCUT2D eigenvalue weighted by Crippen LogP contribution is 2.40. The highest BCUT2D eigenvalue weighted by atomic mass is 16.2. The first-order valence-electron chi connectivity index (χ1n) is 9.32. The van der Waals surface area contributed by atoms with Gasteiger partial charge in [0, 0.05) is 44.2 Å². The number of hydrogen-bond acceptors (Lipinski definition) is 4. The van der Waals surface area contributed by atoms with Gasteiger partial charge < -0.3 is 15.5 Å². The van der Waals surface area contributed by atoms with Crippen LogP contribution in [0.2, 0.25) is 0 Å². The number of likely N-dealkylation sites (tertiary alicyclic amines) is 1. The van der Waals surface area contributed by atoms with Gasteiger partial charge in [-0.2, -0.15) is 0 Å². The van der Waals surface area contributed by atoms with Gasteiger partial charge >= 0.3 is 0 Å². The Kier molecular flexibility index (Phi) is 5.25. The van der Waals surface area contributed by atoms with Gasteiger partial charge in [-0.1, -0.05) is 13.3 Å². The first-order chi connectivity index (χ1) is 12.0. The van der Waals surface area contributed by atoms with Crippen LogP contribution in [0, 0.1) is 5.41 Å². The maximum absolute atomic E-state index is 12.3. The van der Waals surface area contributed by atoms with Gasteiger partial charge in [0.15, 0.2) is 0 Å². The predicted octanol–water partition coefficient (Wildman–Crippen LogP) is 2.19. The maximum atomic E-state index is 12.3. The van der Waals surface area contributed by atoms with Crippen LogP contribution >= 0.6 is 0 Å². The summed E-state index contributed by atoms with van der Waals surface area (Å²) < 4.78 is 0. The Labute approximate surface area is 149 Å². The van der Waals surface area contributed by atoms with Crippen LogP contribution in [0.5, 0.6) is 0 Å². The Balaban J connectivity index is 1.79. The summed E-state index contributed by atoms with van der Waals surface area (Å²) in [6.45, 7) is 5.54. The van der Waals surface area contributed by atoms with Crippen LogP contribution in [0.25, 0.3) is 0 Å². The summed E-state index contributed by atoms with van der Waals surface area (Å²) in [5.74, 6) is 0.532. The first kappa shape index (κ1) is 17.7. The Morgan fingerprint density at radius 3 is 2.96 bits per heavy atom. The third-order valence-corrected chi connectivity index (χ3v) is 5.54. The van der Waals surface area contributed by atoms with Gasteiger partial charge in [0.25, 0.3) is 5.91 Å². The van der Waals surface area contributed by atoms with Gasteiger partial charge in [0.2, 0.25) is 5.91 Å². The number of nitrogens with zero attached hydrogens (tertiary/aromatic N) is 3. The number of piperidine rings is 2. The molecule has 25 heavy (non-hydrogen) atoms. The number of aromatic nitrogens is 1. The molecule has 1 unspecified atom stereocenters. The second kappa shape index (κ2) is 7.42. The molecule has 2 N–H and O–H groups in total. The van der Waals surface area contributed by atoms with Crippen LogP contribution < -0.4 is 10.6 Å². The zero-order valence-corrected chi connectivity index (χ0v) is 15.0. The fraction of sp³-hybridized carbons (Fsp3) is 0.632. The maximum Gasteiger partial charge on any atom is 0.252 e. The molecule has 136 valence electrons. The topological polar surface area (TPSA) is 79.5 Å². The summed E-state index contributed by atoms with van der Waals surface area (Å²) in [4.78, 5) is 32.7. The van der Waals surface area contributed by atoms with E-state index in [1.165, 1.54) is 0 Å². The lowest BCUT2D eigenvalue weighted by Gasteiger charge is -2.48. The first-order valence-corrected chi connectivity index (χ1v) is 9.32. The zero-order chi connectivity index (χ0) is 17.9. The fourth-order valence-electron chi connectivity index (χ4n) is 4.22. The van der Waals surface area contributed by atoms with E-state index in [2.05, 4.69) is 16.8 Å². The molecule has 2 amide bonds. The van der Waals surface area contributed by atoms with Crippen LogP contribution in [0.15, 0.2) is 18.3 Å². The van der Waals surface area contributed by atoms with E-state index < -0.39 is 5.91 Å². The minimum atomic E-state index is -0.439. The van der Waals surface area contributed by atoms with Gasteiger partial charge in [-0.05, 0) is 37.8 Å². The average molecular weight is 344 g/mol. The molecular weight excluding hydrogens is 316 g/mol. The van der Waals surface area contributed by atoms with E-state index in [4.69, 9.17) is 5.73 Å². The number of carbonyl (C=O) groups excluding carboxylic acids is 2. The molecule has 1 atom stereocenters. The summed E-state index contributed by atoms with van der Waals surface area (Å²) >= 11 is 0. The van der Waals surface area contributed by atoms with Crippen molar-refractivity contribution in [1.82, 2.24) is 9.88 Å². The van der Waals surface area contributed by atoms with E-state index in [0.29, 0.717) is 17.8 Å². The number of hydrogen-bond donors (Lipinski definition) is 1. The van der Waals surface area contributed by atoms with Gasteiger partial charge in [-0.15, -0.1) is 0 Å². The van der Waals surface area contributed by atoms with Gasteiger partial charge in [0.1, 0.15) is 5.82 Å². The Morgan fingerprint density at radius 1 is 1.36 bits per heavy atom. The zero-order valence-electron chi connectivity index (χ0n) is 15.0. The predicted molar refractivity (Wildman–Crippen MR) is 97.4 cm³/mol. The molecule has 2 fully saturated rings. The number of primary amides is 1. The monoisotopic (exact) mass is 344 g/mol. The van der Waals surface area contributed by atoms with Crippen molar-refractivity contribution in [2.75, 3.05) is 31.1 Å². The SMILES string of the molecule is CCCCN1CC2(CCCN(c3ncccc3C(N)=O)C2)CCC1=O. The van der Waals surface area contributed by atoms with E-state index in [0.717, 1.165) is 58.3 Å². The number of carbonyl (C=O) groups is 2. The average Bonchev–Trinajstić information content (AvgIpc) is 2.63. The molecule has 2 aliphatic rings. The van der Waals surface area contributed by atoms with E-state index in [-0.39, 0.29) is 11.3 Å². The standard InChI is InChI=1S/C19H28N4O2/c1-2-3-11-22-13-19(9-7-16(22)24)8-5-12-23(14-19)18-15(17(20)25)6-4-10-21-18/h4,6,10H,2-3,5,7-9,11-14H2,1H3,(H2,20,25). The van der Waals surface area contributed by atoms with Crippen molar-refractivity contribution in [1.29, 1.82) is 0 Å². The van der Waals surface area contributed by atoms with Crippen molar-refractivity contribution >= 4 is 17.6 Å². The number of anilines is 1. The molecule has 0 radical (unpaired) electrons. The molecule has 2 saturated heterocycles. The third kappa shape index (κ3) is 3.78. The lowest BCUT2D eigenvalue weighted by atomic mass is 9.73.